The van der Waals surface area contributed by atoms with Gasteiger partial charge < -0.3 is 14.8 Å². The molecular weight excluding hydrogens is 288 g/mol. The number of furan rings is 1. The van der Waals surface area contributed by atoms with Gasteiger partial charge in [0.1, 0.15) is 11.3 Å². The van der Waals surface area contributed by atoms with Crippen molar-refractivity contribution in [2.45, 2.75) is 18.9 Å². The van der Waals surface area contributed by atoms with Gasteiger partial charge in [-0.25, -0.2) is 0 Å². The summed E-state index contributed by atoms with van der Waals surface area (Å²) < 4.78 is 5.78. The van der Waals surface area contributed by atoms with Gasteiger partial charge in [0.2, 0.25) is 0 Å². The van der Waals surface area contributed by atoms with E-state index in [1.54, 1.807) is 6.20 Å². The largest absolute Gasteiger partial charge is 0.460 e. The fourth-order valence-electron chi connectivity index (χ4n) is 3.39. The topological polar surface area (TPSA) is 58.3 Å². The molecule has 4 nitrogen and oxygen atoms in total. The van der Waals surface area contributed by atoms with Crippen molar-refractivity contribution in [3.05, 3.63) is 66.2 Å². The highest BCUT2D eigenvalue weighted by atomic mass is 16.3. The van der Waals surface area contributed by atoms with Crippen molar-refractivity contribution in [1.82, 2.24) is 10.3 Å². The fourth-order valence-corrected chi connectivity index (χ4v) is 3.39. The minimum Gasteiger partial charge on any atom is -0.460 e. The van der Waals surface area contributed by atoms with Crippen molar-refractivity contribution in [2.24, 2.45) is 5.41 Å². The fraction of sp³-hybridized carbons (Fsp3) is 0.316. The van der Waals surface area contributed by atoms with Crippen LogP contribution in [0.25, 0.3) is 11.0 Å². The maximum absolute atomic E-state index is 9.83. The predicted octanol–water partition coefficient (Wildman–Crippen LogP) is 3.08. The van der Waals surface area contributed by atoms with E-state index in [4.69, 9.17) is 4.42 Å². The molecule has 2 unspecified atom stereocenters. The van der Waals surface area contributed by atoms with Crippen LogP contribution in [0.2, 0.25) is 0 Å². The lowest BCUT2D eigenvalue weighted by molar-refractivity contribution is 0.202. The molecule has 0 bridgehead atoms. The van der Waals surface area contributed by atoms with Gasteiger partial charge in [-0.3, -0.25) is 4.98 Å². The quantitative estimate of drug-likeness (QED) is 0.735. The minimum atomic E-state index is -0.0328. The van der Waals surface area contributed by atoms with Crippen molar-refractivity contribution in [3.63, 3.8) is 0 Å². The summed E-state index contributed by atoms with van der Waals surface area (Å²) in [6.45, 7) is 1.67. The monoisotopic (exact) mass is 308 g/mol. The van der Waals surface area contributed by atoms with Crippen LogP contribution in [0.1, 0.15) is 23.7 Å². The van der Waals surface area contributed by atoms with Crippen LogP contribution in [0.15, 0.2) is 59.3 Å². The van der Waals surface area contributed by atoms with Gasteiger partial charge in [-0.05, 0) is 30.0 Å². The Morgan fingerprint density at radius 2 is 2.13 bits per heavy atom. The Balaban J connectivity index is 1.38. The normalized spacial score (nSPS) is 23.3. The van der Waals surface area contributed by atoms with E-state index in [-0.39, 0.29) is 12.0 Å². The van der Waals surface area contributed by atoms with Crippen LogP contribution < -0.4 is 5.32 Å². The van der Waals surface area contributed by atoms with Crippen molar-refractivity contribution >= 4 is 11.0 Å². The molecular formula is C19H20N2O2. The molecule has 2 atom stereocenters. The third-order valence-corrected chi connectivity index (χ3v) is 4.85. The van der Waals surface area contributed by atoms with E-state index in [0.717, 1.165) is 29.7 Å². The van der Waals surface area contributed by atoms with E-state index in [1.807, 2.05) is 24.4 Å². The van der Waals surface area contributed by atoms with Crippen LogP contribution in [-0.4, -0.2) is 23.2 Å². The average molecular weight is 308 g/mol. The third kappa shape index (κ3) is 2.76. The number of benzene rings is 1. The maximum Gasteiger partial charge on any atom is 0.137 e. The smallest absolute Gasteiger partial charge is 0.137 e. The molecule has 4 heteroatoms. The summed E-state index contributed by atoms with van der Waals surface area (Å²) in [6, 6.07) is 14.3. The molecule has 2 heterocycles. The van der Waals surface area contributed by atoms with E-state index in [9.17, 15) is 5.11 Å². The zero-order valence-electron chi connectivity index (χ0n) is 12.9. The minimum absolute atomic E-state index is 0.0328. The number of aliphatic hydroxyl groups excluding tert-OH is 1. The molecule has 1 aliphatic carbocycles. The van der Waals surface area contributed by atoms with Crippen LogP contribution in [0.4, 0.5) is 0 Å². The number of hydrogen-bond donors (Lipinski definition) is 2. The first-order valence-corrected chi connectivity index (χ1v) is 8.00. The second-order valence-corrected chi connectivity index (χ2v) is 6.42. The molecule has 1 fully saturated rings. The third-order valence-electron chi connectivity index (χ3n) is 4.85. The van der Waals surface area contributed by atoms with Crippen LogP contribution in [0, 0.1) is 5.41 Å². The molecule has 1 aromatic carbocycles. The SMILES string of the molecule is OCC1(CNCc2cc3cnccc3o2)CC1c1ccccc1. The Labute approximate surface area is 135 Å². The van der Waals surface area contributed by atoms with Crippen LogP contribution >= 0.6 is 0 Å². The van der Waals surface area contributed by atoms with Crippen LogP contribution in [-0.2, 0) is 6.54 Å². The number of pyridine rings is 1. The van der Waals surface area contributed by atoms with Crippen LogP contribution in [0.5, 0.6) is 0 Å². The Morgan fingerprint density at radius 1 is 1.26 bits per heavy atom. The number of aromatic nitrogens is 1. The van der Waals surface area contributed by atoms with Crippen molar-refractivity contribution in [2.75, 3.05) is 13.2 Å². The number of aliphatic hydroxyl groups is 1. The molecule has 2 N–H and O–H groups in total. The maximum atomic E-state index is 9.83. The molecule has 1 saturated carbocycles. The van der Waals surface area contributed by atoms with Gasteiger partial charge >= 0.3 is 0 Å². The molecule has 0 aliphatic heterocycles. The number of fused-ring (bicyclic) bond motifs is 1. The van der Waals surface area contributed by atoms with E-state index in [0.29, 0.717) is 12.5 Å². The van der Waals surface area contributed by atoms with E-state index in [2.05, 4.69) is 34.6 Å². The molecule has 0 amide bonds. The lowest BCUT2D eigenvalue weighted by Gasteiger charge is -2.15. The predicted molar refractivity (Wildman–Crippen MR) is 89.0 cm³/mol. The molecule has 4 rings (SSSR count). The summed E-state index contributed by atoms with van der Waals surface area (Å²) in [5.41, 5.74) is 2.15. The number of rotatable bonds is 6. The number of nitrogens with zero attached hydrogens (tertiary/aromatic N) is 1. The Morgan fingerprint density at radius 3 is 2.91 bits per heavy atom. The first kappa shape index (κ1) is 14.4. The van der Waals surface area contributed by atoms with Gasteiger partial charge in [0, 0.05) is 29.7 Å². The molecule has 0 radical (unpaired) electrons. The summed E-state index contributed by atoms with van der Waals surface area (Å²) in [6.07, 6.45) is 4.58. The molecule has 0 spiro atoms. The van der Waals surface area contributed by atoms with Gasteiger partial charge in [0.05, 0.1) is 13.2 Å². The van der Waals surface area contributed by atoms with Gasteiger partial charge in [-0.15, -0.1) is 0 Å². The molecule has 0 saturated heterocycles. The second-order valence-electron chi connectivity index (χ2n) is 6.42. The van der Waals surface area contributed by atoms with Gasteiger partial charge in [-0.1, -0.05) is 30.3 Å². The lowest BCUT2D eigenvalue weighted by atomic mass is 10.00. The van der Waals surface area contributed by atoms with Gasteiger partial charge in [0.25, 0.3) is 0 Å². The zero-order valence-corrected chi connectivity index (χ0v) is 12.9. The standard InChI is InChI=1S/C19H20N2O2/c22-13-19(9-17(19)14-4-2-1-3-5-14)12-21-11-16-8-15-10-20-7-6-18(15)23-16/h1-8,10,17,21-22H,9,11-13H2. The van der Waals surface area contributed by atoms with Crippen molar-refractivity contribution < 1.29 is 9.52 Å². The lowest BCUT2D eigenvalue weighted by Crippen LogP contribution is -2.27. The highest BCUT2D eigenvalue weighted by molar-refractivity contribution is 5.76. The highest BCUT2D eigenvalue weighted by Gasteiger charge is 2.53. The number of nitrogens with one attached hydrogen (secondary N) is 1. The summed E-state index contributed by atoms with van der Waals surface area (Å²) in [7, 11) is 0. The van der Waals surface area contributed by atoms with Crippen molar-refractivity contribution in [3.8, 4) is 0 Å². The first-order chi connectivity index (χ1) is 11.3. The summed E-state index contributed by atoms with van der Waals surface area (Å²) in [5.74, 6) is 1.35. The molecule has 118 valence electrons. The van der Waals surface area contributed by atoms with E-state index >= 15 is 0 Å². The Kier molecular flexibility index (Phi) is 3.63. The van der Waals surface area contributed by atoms with E-state index < -0.39 is 0 Å². The number of hydrogen-bond acceptors (Lipinski definition) is 4. The summed E-state index contributed by atoms with van der Waals surface area (Å²) in [5, 5.41) is 14.3. The molecule has 3 aromatic rings. The van der Waals surface area contributed by atoms with Gasteiger partial charge in [-0.2, -0.15) is 0 Å². The first-order valence-electron chi connectivity index (χ1n) is 8.00. The highest BCUT2D eigenvalue weighted by Crippen LogP contribution is 2.58. The van der Waals surface area contributed by atoms with Crippen LogP contribution in [0.3, 0.4) is 0 Å². The average Bonchev–Trinajstić information content (AvgIpc) is 3.17. The Hall–Kier alpha value is -2.17. The van der Waals surface area contributed by atoms with Gasteiger partial charge in [0.15, 0.2) is 0 Å². The molecule has 1 aliphatic rings. The summed E-state index contributed by atoms with van der Waals surface area (Å²) >= 11 is 0. The zero-order chi connectivity index (χ0) is 15.7. The van der Waals surface area contributed by atoms with E-state index in [1.165, 1.54) is 5.56 Å². The van der Waals surface area contributed by atoms with Crippen molar-refractivity contribution in [1.29, 1.82) is 0 Å². The molecule has 23 heavy (non-hydrogen) atoms. The molecule has 2 aromatic heterocycles. The second kappa shape index (κ2) is 5.80. The summed E-state index contributed by atoms with van der Waals surface area (Å²) in [4.78, 5) is 4.10. The Bertz CT molecular complexity index is 766.